The molecule has 0 aromatic carbocycles. The van der Waals surface area contributed by atoms with Gasteiger partial charge in [0.2, 0.25) is 47.3 Å². The van der Waals surface area contributed by atoms with E-state index in [-0.39, 0.29) is 121 Å². The van der Waals surface area contributed by atoms with Crippen LogP contribution in [0.3, 0.4) is 0 Å². The van der Waals surface area contributed by atoms with Crippen molar-refractivity contribution >= 4 is 47.3 Å². The van der Waals surface area contributed by atoms with Crippen molar-refractivity contribution in [3.8, 4) is 0 Å². The molecule has 548 valence electrons. The van der Waals surface area contributed by atoms with Crippen molar-refractivity contribution in [2.75, 3.05) is 0 Å². The molecule has 8 aliphatic carbocycles. The van der Waals surface area contributed by atoms with E-state index in [2.05, 4.69) is 97.9 Å². The number of nitrogens with one attached hydrogen (secondary N) is 8. The van der Waals surface area contributed by atoms with Gasteiger partial charge in [-0.05, 0) is 150 Å². The average Bonchev–Trinajstić information content (AvgIpc) is 0.863. The highest BCUT2D eigenvalue weighted by molar-refractivity contribution is 5.95. The van der Waals surface area contributed by atoms with E-state index in [1.54, 1.807) is 0 Å². The van der Waals surface area contributed by atoms with Crippen LogP contribution in [-0.2, 0) is 38.4 Å². The van der Waals surface area contributed by atoms with Crippen LogP contribution >= 0.6 is 0 Å². The number of carbonyl (C=O) groups is 8. The van der Waals surface area contributed by atoms with Crippen molar-refractivity contribution < 1.29 is 38.4 Å². The fourth-order valence-electron chi connectivity index (χ4n) is 19.5. The summed E-state index contributed by atoms with van der Waals surface area (Å²) in [4.78, 5) is 113. The number of carbonyl (C=O) groups excluding carboxylic acids is 8. The summed E-state index contributed by atoms with van der Waals surface area (Å²) in [7, 11) is 0. The maximum atomic E-state index is 14.4. The molecule has 8 saturated carbocycles. The topological polar surface area (TPSA) is 233 Å². The number of hydrogen-bond acceptors (Lipinski definition) is 8. The fraction of sp³-hybridized carbons (Fsp3) is 0.900. The Bertz CT molecular complexity index is 2230. The fourth-order valence-corrected chi connectivity index (χ4v) is 19.5. The van der Waals surface area contributed by atoms with E-state index >= 15 is 0 Å². The Morgan fingerprint density at radius 1 is 0.240 bits per heavy atom. The molecule has 8 aliphatic rings. The summed E-state index contributed by atoms with van der Waals surface area (Å²) in [5.41, 5.74) is 0. The zero-order valence-electron chi connectivity index (χ0n) is 61.9. The maximum Gasteiger partial charge on any atom is 0.224 e. The van der Waals surface area contributed by atoms with Gasteiger partial charge in [0.15, 0.2) is 0 Å². The third-order valence-electron chi connectivity index (χ3n) is 25.9. The quantitative estimate of drug-likeness (QED) is 0.0344. The normalized spacial score (nSPS) is 32.3. The molecular formula is C80H140N8O8. The lowest BCUT2D eigenvalue weighted by molar-refractivity contribution is -0.141. The lowest BCUT2D eigenvalue weighted by atomic mass is 9.79. The van der Waals surface area contributed by atoms with Gasteiger partial charge in [0.1, 0.15) is 0 Å². The Morgan fingerprint density at radius 2 is 0.458 bits per heavy atom. The van der Waals surface area contributed by atoms with Gasteiger partial charge >= 0.3 is 0 Å². The van der Waals surface area contributed by atoms with Crippen LogP contribution in [0.1, 0.15) is 338 Å². The first kappa shape index (κ1) is 79.1. The molecule has 20 atom stereocenters. The van der Waals surface area contributed by atoms with Crippen LogP contribution in [0.25, 0.3) is 0 Å². The number of hydrogen-bond donors (Lipinski definition) is 8. The van der Waals surface area contributed by atoms with Gasteiger partial charge in [-0.25, -0.2) is 0 Å². The molecule has 8 rings (SSSR count). The Hall–Kier alpha value is -4.24. The largest absolute Gasteiger partial charge is 0.353 e. The first-order valence-corrected chi connectivity index (χ1v) is 40.9. The standard InChI is InChI=1S/2C40H70N4O4/c1-5-27-13-9-17-31(21-27)41-37(45)25-35(39(47)43-33-19-11-15-29(7-3)23-33)36(40(48)44-34-20-12-16-30(8-4)24-34)26-38(46)42-32-18-10-14-28(6-2)22-32;1-5-27-17-9-13-21-33(27)41-37(45)25-31(39(47)43-35-23-15-11-19-29(35)7-3)32(40(48)44-36-24-16-12-20-30(36)8-4)26-38(46)42-34-22-14-10-18-28(34)6-2/h2*27-36H,5-26H2,1-4H3,(H,41,45)(H,42,46)(H,43,47)(H,44,48). The van der Waals surface area contributed by atoms with Crippen LogP contribution in [0, 0.1) is 71.0 Å². The lowest BCUT2D eigenvalue weighted by Crippen LogP contribution is -2.53. The van der Waals surface area contributed by atoms with Gasteiger partial charge in [-0.2, -0.15) is 0 Å². The third-order valence-corrected chi connectivity index (χ3v) is 25.9. The SMILES string of the molecule is CCC1CCCC(NC(=O)CC(C(=O)NC2CCCC(CC)C2)C(CC(=O)NC2CCCC(CC)C2)C(=O)NC2CCCC(CC)C2)C1.CCC1CCCCC1NC(=O)CC(C(=O)NC1CCCCC1CC)C(CC(=O)NC1CCCCC1CC)C(=O)NC1CCCCC1CC. The first-order chi connectivity index (χ1) is 46.5. The van der Waals surface area contributed by atoms with E-state index < -0.39 is 23.7 Å². The molecule has 0 saturated heterocycles. The lowest BCUT2D eigenvalue weighted by Gasteiger charge is -2.36. The minimum Gasteiger partial charge on any atom is -0.353 e. The molecule has 0 aromatic heterocycles. The molecule has 16 heteroatoms. The molecule has 16 nitrogen and oxygen atoms in total. The van der Waals surface area contributed by atoms with Gasteiger partial charge in [0.25, 0.3) is 0 Å². The molecule has 0 radical (unpaired) electrons. The van der Waals surface area contributed by atoms with Crippen molar-refractivity contribution in [2.24, 2.45) is 71.0 Å². The molecule has 8 N–H and O–H groups in total. The summed E-state index contributed by atoms with van der Waals surface area (Å²) in [6, 6.07) is 0.566. The predicted octanol–water partition coefficient (Wildman–Crippen LogP) is 14.7. The Kier molecular flexibility index (Phi) is 34.7. The minimum atomic E-state index is -0.907. The van der Waals surface area contributed by atoms with E-state index in [1.807, 2.05) is 0 Å². The summed E-state index contributed by atoms with van der Waals surface area (Å²) in [6.07, 6.45) is 41.9. The summed E-state index contributed by atoms with van der Waals surface area (Å²) >= 11 is 0. The van der Waals surface area contributed by atoms with E-state index in [0.29, 0.717) is 47.3 Å². The molecule has 8 fully saturated rings. The Balaban J connectivity index is 0.000000271. The van der Waals surface area contributed by atoms with Crippen LogP contribution in [0.2, 0.25) is 0 Å². The Labute approximate surface area is 582 Å². The van der Waals surface area contributed by atoms with Crippen molar-refractivity contribution in [1.29, 1.82) is 0 Å². The van der Waals surface area contributed by atoms with Crippen LogP contribution in [-0.4, -0.2) is 95.6 Å². The van der Waals surface area contributed by atoms with E-state index in [1.165, 1.54) is 51.4 Å². The highest BCUT2D eigenvalue weighted by Crippen LogP contribution is 2.36. The smallest absolute Gasteiger partial charge is 0.224 e. The van der Waals surface area contributed by atoms with Crippen LogP contribution < -0.4 is 42.5 Å². The van der Waals surface area contributed by atoms with Gasteiger partial charge in [-0.1, -0.05) is 209 Å². The molecule has 0 spiro atoms. The van der Waals surface area contributed by atoms with Crippen LogP contribution in [0.15, 0.2) is 0 Å². The first-order valence-electron chi connectivity index (χ1n) is 40.9. The third kappa shape index (κ3) is 25.1. The maximum absolute atomic E-state index is 14.4. The summed E-state index contributed by atoms with van der Waals surface area (Å²) in [6.45, 7) is 17.6. The van der Waals surface area contributed by atoms with E-state index in [0.717, 1.165) is 205 Å². The van der Waals surface area contributed by atoms with Crippen LogP contribution in [0.5, 0.6) is 0 Å². The second-order valence-electron chi connectivity index (χ2n) is 32.3. The predicted molar refractivity (Wildman–Crippen MR) is 386 cm³/mol. The van der Waals surface area contributed by atoms with Crippen molar-refractivity contribution in [1.82, 2.24) is 42.5 Å². The molecular weight excluding hydrogens is 1200 g/mol. The monoisotopic (exact) mass is 1340 g/mol. The summed E-state index contributed by atoms with van der Waals surface area (Å²) < 4.78 is 0. The summed E-state index contributed by atoms with van der Waals surface area (Å²) in [5.74, 6) is -1.22. The highest BCUT2D eigenvalue weighted by atomic mass is 16.2. The average molecular weight is 1340 g/mol. The molecule has 96 heavy (non-hydrogen) atoms. The molecule has 0 aromatic rings. The molecule has 8 amide bonds. The zero-order valence-corrected chi connectivity index (χ0v) is 61.9. The van der Waals surface area contributed by atoms with Gasteiger partial charge in [-0.3, -0.25) is 38.4 Å². The number of amides is 8. The summed E-state index contributed by atoms with van der Waals surface area (Å²) in [5, 5.41) is 26.4. The van der Waals surface area contributed by atoms with Crippen molar-refractivity contribution in [2.45, 2.75) is 386 Å². The van der Waals surface area contributed by atoms with Crippen molar-refractivity contribution in [3.63, 3.8) is 0 Å². The molecule has 20 unspecified atom stereocenters. The molecule has 0 heterocycles. The second-order valence-corrected chi connectivity index (χ2v) is 32.3. The second kappa shape index (κ2) is 42.1. The Morgan fingerprint density at radius 3 is 0.708 bits per heavy atom. The zero-order chi connectivity index (χ0) is 68.9. The van der Waals surface area contributed by atoms with Gasteiger partial charge < -0.3 is 42.5 Å². The molecule has 0 bridgehead atoms. The number of rotatable bonds is 30. The van der Waals surface area contributed by atoms with Gasteiger partial charge in [-0.15, -0.1) is 0 Å². The minimum absolute atomic E-state index is 0.0394. The van der Waals surface area contributed by atoms with Gasteiger partial charge in [0.05, 0.1) is 23.7 Å². The van der Waals surface area contributed by atoms with Crippen molar-refractivity contribution in [3.05, 3.63) is 0 Å². The van der Waals surface area contributed by atoms with Crippen LogP contribution in [0.4, 0.5) is 0 Å². The van der Waals surface area contributed by atoms with Gasteiger partial charge in [0, 0.05) is 74.0 Å². The van der Waals surface area contributed by atoms with E-state index in [9.17, 15) is 38.4 Å². The molecule has 0 aliphatic heterocycles. The van der Waals surface area contributed by atoms with E-state index in [4.69, 9.17) is 0 Å². The highest BCUT2D eigenvalue weighted by Gasteiger charge is 2.44.